The van der Waals surface area contributed by atoms with Crippen molar-refractivity contribution in [2.24, 2.45) is 0 Å². The minimum Gasteiger partial charge on any atom is -0.395 e. The molecule has 0 fully saturated rings. The van der Waals surface area contributed by atoms with Crippen LogP contribution in [0.4, 0.5) is 11.4 Å². The van der Waals surface area contributed by atoms with Crippen molar-refractivity contribution in [1.29, 1.82) is 0 Å². The van der Waals surface area contributed by atoms with E-state index in [0.717, 1.165) is 50.5 Å². The standard InChI is InChI=1S/C39H45Cl2N5O5/c1-27(51)22-36(42-25-28-2-8-32(9-3-28)44(14-18-47)15-19-48)31-7-13-38-37(24-31)43-39(46(38)26-29-4-12-34(40)35(41)23-29)30-5-10-33(11-6-30)45(16-20-49)17-21-50/h2-13,23-24,36,42,47-50H,14-22,25-26H2,1H3. The number of aliphatic hydroxyl groups excluding tert-OH is 4. The molecule has 0 amide bonds. The fourth-order valence-electron chi connectivity index (χ4n) is 6.27. The Kier molecular flexibility index (Phi) is 13.9. The second kappa shape index (κ2) is 18.5. The Morgan fingerprint density at radius 1 is 0.745 bits per heavy atom. The third kappa shape index (κ3) is 9.87. The van der Waals surface area contributed by atoms with E-state index in [1.54, 1.807) is 13.0 Å². The highest BCUT2D eigenvalue weighted by Crippen LogP contribution is 2.31. The Hall–Kier alpha value is -4.00. The van der Waals surface area contributed by atoms with Crippen molar-refractivity contribution in [3.05, 3.63) is 112 Å². The summed E-state index contributed by atoms with van der Waals surface area (Å²) in [6, 6.07) is 27.3. The van der Waals surface area contributed by atoms with Gasteiger partial charge in [-0.3, -0.25) is 4.79 Å². The number of rotatable bonds is 19. The molecule has 0 radical (unpaired) electrons. The van der Waals surface area contributed by atoms with Crippen LogP contribution < -0.4 is 15.1 Å². The van der Waals surface area contributed by atoms with Gasteiger partial charge in [-0.1, -0.05) is 47.5 Å². The predicted molar refractivity (Wildman–Crippen MR) is 205 cm³/mol. The maximum Gasteiger partial charge on any atom is 0.141 e. The van der Waals surface area contributed by atoms with Gasteiger partial charge in [-0.2, -0.15) is 0 Å². The summed E-state index contributed by atoms with van der Waals surface area (Å²) in [5.74, 6) is 0.817. The van der Waals surface area contributed by atoms with Crippen molar-refractivity contribution in [2.45, 2.75) is 32.5 Å². The lowest BCUT2D eigenvalue weighted by Crippen LogP contribution is -2.29. The van der Waals surface area contributed by atoms with Gasteiger partial charge in [0.1, 0.15) is 11.6 Å². The number of ketones is 1. The second-order valence-electron chi connectivity index (χ2n) is 12.4. The van der Waals surface area contributed by atoms with E-state index in [4.69, 9.17) is 28.2 Å². The molecule has 4 aromatic carbocycles. The molecule has 0 aliphatic heterocycles. The topological polar surface area (TPSA) is 134 Å². The summed E-state index contributed by atoms with van der Waals surface area (Å²) in [5, 5.41) is 42.4. The molecule has 0 aliphatic carbocycles. The van der Waals surface area contributed by atoms with Crippen molar-refractivity contribution in [2.75, 3.05) is 62.4 Å². The molecular formula is C39H45Cl2N5O5. The lowest BCUT2D eigenvalue weighted by Gasteiger charge is -2.23. The molecule has 5 aromatic rings. The average molecular weight is 735 g/mol. The van der Waals surface area contributed by atoms with Crippen LogP contribution in [0.3, 0.4) is 0 Å². The van der Waals surface area contributed by atoms with Crippen LogP contribution in [-0.4, -0.2) is 88.4 Å². The fraction of sp³-hybridized carbons (Fsp3) is 0.333. The second-order valence-corrected chi connectivity index (χ2v) is 13.3. The Morgan fingerprint density at radius 2 is 1.31 bits per heavy atom. The van der Waals surface area contributed by atoms with Crippen LogP contribution >= 0.6 is 23.2 Å². The summed E-state index contributed by atoms with van der Waals surface area (Å²) in [6.45, 7) is 4.25. The summed E-state index contributed by atoms with van der Waals surface area (Å²) in [4.78, 5) is 21.4. The monoisotopic (exact) mass is 733 g/mol. The Labute approximate surface area is 308 Å². The summed E-state index contributed by atoms with van der Waals surface area (Å²) >= 11 is 12.6. The van der Waals surface area contributed by atoms with Gasteiger partial charge in [0.15, 0.2) is 0 Å². The van der Waals surface area contributed by atoms with E-state index in [0.29, 0.717) is 55.7 Å². The molecule has 1 atom stereocenters. The first-order valence-corrected chi connectivity index (χ1v) is 17.8. The normalized spacial score (nSPS) is 12.0. The molecule has 0 aliphatic rings. The number of nitrogens with one attached hydrogen (secondary N) is 1. The third-order valence-electron chi connectivity index (χ3n) is 8.82. The van der Waals surface area contributed by atoms with Gasteiger partial charge in [0.25, 0.3) is 0 Å². The zero-order chi connectivity index (χ0) is 36.3. The van der Waals surface area contributed by atoms with Gasteiger partial charge in [-0.15, -0.1) is 0 Å². The van der Waals surface area contributed by atoms with Crippen molar-refractivity contribution < 1.29 is 25.2 Å². The van der Waals surface area contributed by atoms with E-state index >= 15 is 0 Å². The lowest BCUT2D eigenvalue weighted by atomic mass is 10.0. The van der Waals surface area contributed by atoms with Gasteiger partial charge in [0, 0.05) is 68.7 Å². The van der Waals surface area contributed by atoms with E-state index in [1.165, 1.54) is 0 Å². The zero-order valence-electron chi connectivity index (χ0n) is 28.7. The van der Waals surface area contributed by atoms with Gasteiger partial charge in [0.05, 0.1) is 47.5 Å². The summed E-state index contributed by atoms with van der Waals surface area (Å²) in [7, 11) is 0. The van der Waals surface area contributed by atoms with E-state index in [1.807, 2.05) is 88.7 Å². The molecule has 0 bridgehead atoms. The number of anilines is 2. The molecule has 5 N–H and O–H groups in total. The van der Waals surface area contributed by atoms with Gasteiger partial charge in [0.2, 0.25) is 0 Å². The summed E-state index contributed by atoms with van der Waals surface area (Å²) in [5.41, 5.74) is 7.33. The summed E-state index contributed by atoms with van der Waals surface area (Å²) in [6.07, 6.45) is 0.306. The highest BCUT2D eigenvalue weighted by Gasteiger charge is 2.19. The van der Waals surface area contributed by atoms with Gasteiger partial charge >= 0.3 is 0 Å². The van der Waals surface area contributed by atoms with Crippen LogP contribution in [-0.2, 0) is 17.9 Å². The molecule has 12 heteroatoms. The number of benzene rings is 4. The molecule has 1 unspecified atom stereocenters. The number of carbonyl (C=O) groups is 1. The number of halogens is 2. The maximum absolute atomic E-state index is 12.4. The van der Waals surface area contributed by atoms with Crippen molar-refractivity contribution in [3.8, 4) is 11.4 Å². The van der Waals surface area contributed by atoms with Crippen molar-refractivity contribution in [1.82, 2.24) is 14.9 Å². The quantitative estimate of drug-likeness (QED) is 0.0752. The molecule has 51 heavy (non-hydrogen) atoms. The average Bonchev–Trinajstić information content (AvgIpc) is 3.48. The smallest absolute Gasteiger partial charge is 0.141 e. The minimum atomic E-state index is -0.251. The Morgan fingerprint density at radius 3 is 1.86 bits per heavy atom. The van der Waals surface area contributed by atoms with Gasteiger partial charge < -0.3 is 40.1 Å². The number of Topliss-reactive ketones (excluding diaryl/α,β-unsaturated/α-hetero) is 1. The van der Waals surface area contributed by atoms with E-state index in [-0.39, 0.29) is 38.3 Å². The molecule has 270 valence electrons. The molecule has 0 spiro atoms. The van der Waals surface area contributed by atoms with Gasteiger partial charge in [-0.25, -0.2) is 4.98 Å². The molecule has 10 nitrogen and oxygen atoms in total. The number of aromatic nitrogens is 2. The number of carbonyl (C=O) groups excluding carboxylic acids is 1. The largest absolute Gasteiger partial charge is 0.395 e. The highest BCUT2D eigenvalue weighted by atomic mass is 35.5. The SMILES string of the molecule is CC(=O)CC(NCc1ccc(N(CCO)CCO)cc1)c1ccc2c(c1)nc(-c1ccc(N(CCO)CCO)cc1)n2Cc1ccc(Cl)c(Cl)c1. The molecule has 0 saturated carbocycles. The van der Waals surface area contributed by atoms with Crippen LogP contribution in [0.5, 0.6) is 0 Å². The molecular weight excluding hydrogens is 689 g/mol. The molecule has 1 aromatic heterocycles. The maximum atomic E-state index is 12.4. The van der Waals surface area contributed by atoms with Crippen molar-refractivity contribution in [3.63, 3.8) is 0 Å². The summed E-state index contributed by atoms with van der Waals surface area (Å²) < 4.78 is 2.14. The number of imidazole rings is 1. The number of fused-ring (bicyclic) bond motifs is 1. The lowest BCUT2D eigenvalue weighted by molar-refractivity contribution is -0.117. The first-order valence-electron chi connectivity index (χ1n) is 17.0. The van der Waals surface area contributed by atoms with E-state index in [2.05, 4.69) is 9.88 Å². The number of aliphatic hydroxyl groups is 4. The first kappa shape index (κ1) is 38.2. The number of nitrogens with zero attached hydrogens (tertiary/aromatic N) is 4. The van der Waals surface area contributed by atoms with E-state index < -0.39 is 0 Å². The molecule has 0 saturated heterocycles. The first-order chi connectivity index (χ1) is 24.7. The van der Waals surface area contributed by atoms with Crippen LogP contribution in [0, 0.1) is 0 Å². The van der Waals surface area contributed by atoms with Crippen LogP contribution in [0.1, 0.15) is 36.1 Å². The van der Waals surface area contributed by atoms with Gasteiger partial charge in [-0.05, 0) is 84.3 Å². The molecule has 5 rings (SSSR count). The Bertz CT molecular complexity index is 1870. The van der Waals surface area contributed by atoms with Crippen LogP contribution in [0.15, 0.2) is 84.9 Å². The van der Waals surface area contributed by atoms with Crippen molar-refractivity contribution >= 4 is 51.4 Å². The molecule has 1 heterocycles. The van der Waals surface area contributed by atoms with Crippen LogP contribution in [0.2, 0.25) is 10.0 Å². The fourth-order valence-corrected chi connectivity index (χ4v) is 6.59. The Balaban J connectivity index is 1.47. The number of hydrogen-bond donors (Lipinski definition) is 5. The minimum absolute atomic E-state index is 0.00252. The predicted octanol–water partition coefficient (Wildman–Crippen LogP) is 5.45. The van der Waals surface area contributed by atoms with E-state index in [9.17, 15) is 25.2 Å². The third-order valence-corrected chi connectivity index (χ3v) is 9.55. The number of hydrogen-bond acceptors (Lipinski definition) is 9. The zero-order valence-corrected chi connectivity index (χ0v) is 30.2. The highest BCUT2D eigenvalue weighted by molar-refractivity contribution is 6.42. The van der Waals surface area contributed by atoms with Crippen LogP contribution in [0.25, 0.3) is 22.4 Å².